The van der Waals surface area contributed by atoms with Gasteiger partial charge in [-0.1, -0.05) is 0 Å². The Morgan fingerprint density at radius 3 is 2.69 bits per heavy atom. The van der Waals surface area contributed by atoms with Crippen molar-refractivity contribution in [3.8, 4) is 0 Å². The number of likely N-dealkylation sites (N-methyl/N-ethyl adjacent to an activating group) is 1. The summed E-state index contributed by atoms with van der Waals surface area (Å²) in [6.07, 6.45) is 0.567. The molecule has 0 radical (unpaired) electrons. The molecular weight excluding hydrogens is 211 g/mol. The number of hydrogen-bond donors (Lipinski definition) is 1. The molecule has 0 aliphatic heterocycles. The summed E-state index contributed by atoms with van der Waals surface area (Å²) in [5, 5.41) is 0. The summed E-state index contributed by atoms with van der Waals surface area (Å²) in [5.41, 5.74) is 5.58. The lowest BCUT2D eigenvalue weighted by atomic mass is 10.2. The molecule has 1 aromatic rings. The first kappa shape index (κ1) is 12.2. The lowest BCUT2D eigenvalue weighted by molar-refractivity contribution is -0.116. The number of nitrogens with zero attached hydrogens (tertiary/aromatic N) is 1. The minimum absolute atomic E-state index is 0.0478. The third-order valence-corrected chi connectivity index (χ3v) is 2.18. The zero-order valence-electron chi connectivity index (χ0n) is 8.94. The summed E-state index contributed by atoms with van der Waals surface area (Å²) < 4.78 is 13.6. The number of primary amides is 1. The van der Waals surface area contributed by atoms with Crippen LogP contribution in [0.5, 0.6) is 0 Å². The molecule has 0 fully saturated rings. The molecule has 0 atom stereocenters. The van der Waals surface area contributed by atoms with Gasteiger partial charge in [-0.25, -0.2) is 4.39 Å². The lowest BCUT2D eigenvalue weighted by Crippen LogP contribution is -2.34. The summed E-state index contributed by atoms with van der Waals surface area (Å²) in [4.78, 5) is 22.7. The molecule has 4 nitrogen and oxygen atoms in total. The van der Waals surface area contributed by atoms with Crippen LogP contribution < -0.4 is 10.6 Å². The van der Waals surface area contributed by atoms with Crippen LogP contribution in [0.4, 0.5) is 10.1 Å². The SMILES string of the molecule is CCN(CC(N)=O)c1ccc(C=O)cc1F. The number of benzene rings is 1. The van der Waals surface area contributed by atoms with E-state index in [1.54, 1.807) is 6.92 Å². The van der Waals surface area contributed by atoms with Crippen molar-refractivity contribution in [1.29, 1.82) is 0 Å². The van der Waals surface area contributed by atoms with E-state index in [9.17, 15) is 14.0 Å². The predicted octanol–water partition coefficient (Wildman–Crippen LogP) is 0.950. The minimum Gasteiger partial charge on any atom is -0.368 e. The number of aldehydes is 1. The van der Waals surface area contributed by atoms with E-state index in [0.29, 0.717) is 12.8 Å². The molecule has 1 rings (SSSR count). The Balaban J connectivity index is 3.01. The zero-order chi connectivity index (χ0) is 12.1. The zero-order valence-corrected chi connectivity index (χ0v) is 8.94. The van der Waals surface area contributed by atoms with Crippen molar-refractivity contribution < 1.29 is 14.0 Å². The molecule has 5 heteroatoms. The molecule has 16 heavy (non-hydrogen) atoms. The van der Waals surface area contributed by atoms with Crippen LogP contribution >= 0.6 is 0 Å². The van der Waals surface area contributed by atoms with Crippen molar-refractivity contribution in [2.24, 2.45) is 5.73 Å². The predicted molar refractivity (Wildman–Crippen MR) is 58.9 cm³/mol. The van der Waals surface area contributed by atoms with Gasteiger partial charge in [-0.2, -0.15) is 0 Å². The van der Waals surface area contributed by atoms with Crippen molar-refractivity contribution >= 4 is 17.9 Å². The molecule has 86 valence electrons. The Hall–Kier alpha value is -1.91. The summed E-state index contributed by atoms with van der Waals surface area (Å²) in [5.74, 6) is -1.06. The molecule has 1 amide bonds. The first-order valence-corrected chi connectivity index (χ1v) is 4.86. The van der Waals surface area contributed by atoms with Crippen LogP contribution in [-0.4, -0.2) is 25.3 Å². The molecule has 0 heterocycles. The van der Waals surface area contributed by atoms with E-state index in [2.05, 4.69) is 0 Å². The highest BCUT2D eigenvalue weighted by Gasteiger charge is 2.12. The fourth-order valence-electron chi connectivity index (χ4n) is 1.41. The maximum Gasteiger partial charge on any atom is 0.236 e. The minimum atomic E-state index is -0.535. The molecule has 2 N–H and O–H groups in total. The van der Waals surface area contributed by atoms with Crippen molar-refractivity contribution in [3.05, 3.63) is 29.6 Å². The van der Waals surface area contributed by atoms with Gasteiger partial charge in [0.2, 0.25) is 5.91 Å². The van der Waals surface area contributed by atoms with Crippen LogP contribution in [0.25, 0.3) is 0 Å². The van der Waals surface area contributed by atoms with Crippen LogP contribution in [0, 0.1) is 5.82 Å². The largest absolute Gasteiger partial charge is 0.368 e. The molecule has 0 unspecified atom stereocenters. The molecule has 0 bridgehead atoms. The Morgan fingerprint density at radius 2 is 2.25 bits per heavy atom. The van der Waals surface area contributed by atoms with Gasteiger partial charge in [-0.05, 0) is 25.1 Å². The molecular formula is C11H13FN2O2. The second-order valence-corrected chi connectivity index (χ2v) is 3.31. The van der Waals surface area contributed by atoms with Crippen molar-refractivity contribution in [3.63, 3.8) is 0 Å². The second kappa shape index (κ2) is 5.25. The number of nitrogens with two attached hydrogens (primary N) is 1. The average Bonchev–Trinajstić information content (AvgIpc) is 2.25. The number of rotatable bonds is 5. The van der Waals surface area contributed by atoms with Crippen LogP contribution in [0.3, 0.4) is 0 Å². The molecule has 0 saturated carbocycles. The maximum absolute atomic E-state index is 13.6. The first-order valence-electron chi connectivity index (χ1n) is 4.86. The summed E-state index contributed by atoms with van der Waals surface area (Å²) in [6.45, 7) is 2.20. The molecule has 0 aliphatic rings. The highest BCUT2D eigenvalue weighted by atomic mass is 19.1. The van der Waals surface area contributed by atoms with E-state index in [0.717, 1.165) is 6.07 Å². The standard InChI is InChI=1S/C11H13FN2O2/c1-2-14(6-11(13)16)10-4-3-8(7-15)5-9(10)12/h3-5,7H,2,6H2,1H3,(H2,13,16). The summed E-state index contributed by atoms with van der Waals surface area (Å²) in [6, 6.07) is 4.09. The molecule has 0 spiro atoms. The number of carbonyl (C=O) groups excluding carboxylic acids is 2. The van der Waals surface area contributed by atoms with Gasteiger partial charge < -0.3 is 10.6 Å². The molecule has 0 aromatic heterocycles. The van der Waals surface area contributed by atoms with E-state index in [-0.39, 0.29) is 17.8 Å². The Kier molecular flexibility index (Phi) is 3.99. The van der Waals surface area contributed by atoms with E-state index >= 15 is 0 Å². The number of halogens is 1. The Labute approximate surface area is 92.8 Å². The topological polar surface area (TPSA) is 63.4 Å². The number of hydrogen-bond acceptors (Lipinski definition) is 3. The fraction of sp³-hybridized carbons (Fsp3) is 0.273. The van der Waals surface area contributed by atoms with Crippen molar-refractivity contribution in [2.75, 3.05) is 18.0 Å². The summed E-state index contributed by atoms with van der Waals surface area (Å²) >= 11 is 0. The van der Waals surface area contributed by atoms with Crippen LogP contribution in [0.2, 0.25) is 0 Å². The average molecular weight is 224 g/mol. The lowest BCUT2D eigenvalue weighted by Gasteiger charge is -2.21. The van der Waals surface area contributed by atoms with Gasteiger partial charge in [-0.15, -0.1) is 0 Å². The van der Waals surface area contributed by atoms with Gasteiger partial charge in [0.15, 0.2) is 0 Å². The number of anilines is 1. The van der Waals surface area contributed by atoms with Gasteiger partial charge in [0, 0.05) is 12.1 Å². The highest BCUT2D eigenvalue weighted by Crippen LogP contribution is 2.19. The Bertz CT molecular complexity index is 407. The third-order valence-electron chi connectivity index (χ3n) is 2.18. The maximum atomic E-state index is 13.6. The van der Waals surface area contributed by atoms with Gasteiger partial charge >= 0.3 is 0 Å². The fourth-order valence-corrected chi connectivity index (χ4v) is 1.41. The van der Waals surface area contributed by atoms with Gasteiger partial charge in [0.05, 0.1) is 12.2 Å². The quantitative estimate of drug-likeness (QED) is 0.757. The molecule has 0 aliphatic carbocycles. The van der Waals surface area contributed by atoms with E-state index in [1.165, 1.54) is 17.0 Å². The molecule has 0 saturated heterocycles. The van der Waals surface area contributed by atoms with Gasteiger partial charge in [0.25, 0.3) is 0 Å². The van der Waals surface area contributed by atoms with E-state index in [4.69, 9.17) is 5.73 Å². The Morgan fingerprint density at radius 1 is 1.56 bits per heavy atom. The second-order valence-electron chi connectivity index (χ2n) is 3.31. The molecule has 1 aromatic carbocycles. The number of carbonyl (C=O) groups is 2. The van der Waals surface area contributed by atoms with Gasteiger partial charge in [-0.3, -0.25) is 9.59 Å². The first-order chi connectivity index (χ1) is 7.58. The van der Waals surface area contributed by atoms with Crippen LogP contribution in [-0.2, 0) is 4.79 Å². The third kappa shape index (κ3) is 2.79. The van der Waals surface area contributed by atoms with E-state index < -0.39 is 11.7 Å². The van der Waals surface area contributed by atoms with Crippen LogP contribution in [0.15, 0.2) is 18.2 Å². The van der Waals surface area contributed by atoms with Crippen molar-refractivity contribution in [1.82, 2.24) is 0 Å². The normalized spacial score (nSPS) is 9.88. The van der Waals surface area contributed by atoms with E-state index in [1.807, 2.05) is 0 Å². The number of amides is 1. The van der Waals surface area contributed by atoms with Crippen LogP contribution in [0.1, 0.15) is 17.3 Å². The monoisotopic (exact) mass is 224 g/mol. The van der Waals surface area contributed by atoms with Gasteiger partial charge in [0.1, 0.15) is 12.1 Å². The highest BCUT2D eigenvalue weighted by molar-refractivity contribution is 5.80. The summed E-state index contributed by atoms with van der Waals surface area (Å²) in [7, 11) is 0. The smallest absolute Gasteiger partial charge is 0.236 e. The van der Waals surface area contributed by atoms with Crippen molar-refractivity contribution in [2.45, 2.75) is 6.92 Å².